The lowest BCUT2D eigenvalue weighted by Gasteiger charge is -2.11. The number of aliphatic hydroxyl groups excluding tert-OH is 1. The van der Waals surface area contributed by atoms with E-state index in [9.17, 15) is 5.11 Å². The zero-order valence-corrected chi connectivity index (χ0v) is 10.8. The van der Waals surface area contributed by atoms with Crippen molar-refractivity contribution in [2.75, 3.05) is 6.79 Å². The van der Waals surface area contributed by atoms with Crippen LogP contribution in [0.4, 0.5) is 0 Å². The maximum Gasteiger partial charge on any atom is 0.231 e. The molecule has 3 rings (SSSR count). The molecule has 5 nitrogen and oxygen atoms in total. The molecule has 1 aromatic carbocycles. The van der Waals surface area contributed by atoms with Crippen molar-refractivity contribution in [3.05, 3.63) is 46.5 Å². The quantitative estimate of drug-likeness (QED) is 0.920. The Morgan fingerprint density at radius 3 is 2.94 bits per heavy atom. The van der Waals surface area contributed by atoms with Gasteiger partial charge in [-0.05, 0) is 33.6 Å². The summed E-state index contributed by atoms with van der Waals surface area (Å²) in [6, 6.07) is 3.53. The highest BCUT2D eigenvalue weighted by Gasteiger charge is 2.21. The van der Waals surface area contributed by atoms with Gasteiger partial charge in [0.15, 0.2) is 11.5 Å². The van der Waals surface area contributed by atoms with Crippen molar-refractivity contribution in [1.82, 2.24) is 9.97 Å². The molecule has 92 valence electrons. The number of fused-ring (bicyclic) bond motifs is 1. The molecule has 1 N–H and O–H groups in total. The van der Waals surface area contributed by atoms with Crippen LogP contribution in [0.1, 0.15) is 17.4 Å². The van der Waals surface area contributed by atoms with Gasteiger partial charge in [0.1, 0.15) is 6.10 Å². The molecule has 2 heterocycles. The van der Waals surface area contributed by atoms with Crippen molar-refractivity contribution < 1.29 is 14.6 Å². The molecular weight excluding hydrogens is 300 g/mol. The first kappa shape index (κ1) is 11.4. The summed E-state index contributed by atoms with van der Waals surface area (Å²) in [5.74, 6) is 1.27. The average molecular weight is 309 g/mol. The Hall–Kier alpha value is -1.66. The van der Waals surface area contributed by atoms with E-state index in [0.717, 1.165) is 4.47 Å². The number of halogens is 1. The lowest BCUT2D eigenvalue weighted by molar-refractivity contribution is 0.173. The fourth-order valence-corrected chi connectivity index (χ4v) is 2.34. The number of hydrogen-bond donors (Lipinski definition) is 1. The smallest absolute Gasteiger partial charge is 0.231 e. The second-order valence-electron chi connectivity index (χ2n) is 3.77. The second kappa shape index (κ2) is 4.55. The van der Waals surface area contributed by atoms with Crippen LogP contribution in [0.5, 0.6) is 11.5 Å². The average Bonchev–Trinajstić information content (AvgIpc) is 2.88. The van der Waals surface area contributed by atoms with Crippen LogP contribution in [0.15, 0.2) is 35.2 Å². The minimum absolute atomic E-state index is 0.193. The summed E-state index contributed by atoms with van der Waals surface area (Å²) in [5, 5.41) is 10.2. The van der Waals surface area contributed by atoms with Crippen LogP contribution >= 0.6 is 15.9 Å². The molecule has 2 aromatic rings. The van der Waals surface area contributed by atoms with Crippen LogP contribution in [-0.4, -0.2) is 21.9 Å². The topological polar surface area (TPSA) is 64.5 Å². The van der Waals surface area contributed by atoms with Gasteiger partial charge in [-0.3, -0.25) is 9.97 Å². The molecule has 1 atom stereocenters. The number of hydrogen-bond acceptors (Lipinski definition) is 5. The minimum Gasteiger partial charge on any atom is -0.454 e. The van der Waals surface area contributed by atoms with Gasteiger partial charge in [0, 0.05) is 12.4 Å². The number of ether oxygens (including phenoxy) is 2. The summed E-state index contributed by atoms with van der Waals surface area (Å²) in [6.07, 6.45) is 3.79. The third-order valence-electron chi connectivity index (χ3n) is 2.63. The number of aromatic nitrogens is 2. The van der Waals surface area contributed by atoms with E-state index in [2.05, 4.69) is 25.9 Å². The molecule has 0 aliphatic carbocycles. The van der Waals surface area contributed by atoms with Gasteiger partial charge in [-0.25, -0.2) is 0 Å². The maximum absolute atomic E-state index is 10.2. The van der Waals surface area contributed by atoms with Gasteiger partial charge in [-0.2, -0.15) is 0 Å². The van der Waals surface area contributed by atoms with Gasteiger partial charge in [0.05, 0.1) is 16.4 Å². The largest absolute Gasteiger partial charge is 0.454 e. The normalized spacial score (nSPS) is 14.6. The van der Waals surface area contributed by atoms with E-state index in [1.165, 1.54) is 6.20 Å². The molecule has 6 heteroatoms. The van der Waals surface area contributed by atoms with E-state index in [-0.39, 0.29) is 6.79 Å². The van der Waals surface area contributed by atoms with Crippen molar-refractivity contribution in [2.45, 2.75) is 6.10 Å². The number of nitrogens with zero attached hydrogens (tertiary/aromatic N) is 2. The first-order chi connectivity index (χ1) is 8.75. The lowest BCUT2D eigenvalue weighted by Crippen LogP contribution is -2.02. The number of aliphatic hydroxyl groups is 1. The monoisotopic (exact) mass is 308 g/mol. The third-order valence-corrected chi connectivity index (χ3v) is 3.22. The van der Waals surface area contributed by atoms with Crippen LogP contribution in [0.2, 0.25) is 0 Å². The molecule has 18 heavy (non-hydrogen) atoms. The molecule has 0 amide bonds. The van der Waals surface area contributed by atoms with Crippen molar-refractivity contribution >= 4 is 15.9 Å². The SMILES string of the molecule is OC(c1cc(Br)c2c(c1)OCO2)c1cnccn1. The molecule has 0 spiro atoms. The van der Waals surface area contributed by atoms with Crippen LogP contribution in [0, 0.1) is 0 Å². The Morgan fingerprint density at radius 1 is 1.28 bits per heavy atom. The Morgan fingerprint density at radius 2 is 2.17 bits per heavy atom. The van der Waals surface area contributed by atoms with Gasteiger partial charge in [-0.1, -0.05) is 0 Å². The predicted molar refractivity (Wildman–Crippen MR) is 66.4 cm³/mol. The zero-order chi connectivity index (χ0) is 12.5. The molecule has 1 unspecified atom stereocenters. The summed E-state index contributed by atoms with van der Waals surface area (Å²) < 4.78 is 11.3. The lowest BCUT2D eigenvalue weighted by atomic mass is 10.1. The van der Waals surface area contributed by atoms with E-state index in [0.29, 0.717) is 22.8 Å². The fraction of sp³-hybridized carbons (Fsp3) is 0.167. The minimum atomic E-state index is -0.843. The van der Waals surface area contributed by atoms with Crippen LogP contribution in [0.25, 0.3) is 0 Å². The third kappa shape index (κ3) is 1.93. The van der Waals surface area contributed by atoms with Crippen molar-refractivity contribution in [3.63, 3.8) is 0 Å². The predicted octanol–water partition coefficient (Wildman–Crippen LogP) is 2.05. The van der Waals surface area contributed by atoms with E-state index in [1.54, 1.807) is 24.5 Å². The first-order valence-corrected chi connectivity index (χ1v) is 6.08. The highest BCUT2D eigenvalue weighted by Crippen LogP contribution is 2.41. The molecule has 1 aliphatic heterocycles. The summed E-state index contributed by atoms with van der Waals surface area (Å²) >= 11 is 3.39. The summed E-state index contributed by atoms with van der Waals surface area (Å²) in [6.45, 7) is 0.193. The highest BCUT2D eigenvalue weighted by molar-refractivity contribution is 9.10. The molecule has 0 radical (unpaired) electrons. The van der Waals surface area contributed by atoms with E-state index >= 15 is 0 Å². The van der Waals surface area contributed by atoms with Crippen molar-refractivity contribution in [3.8, 4) is 11.5 Å². The van der Waals surface area contributed by atoms with Crippen LogP contribution in [0.3, 0.4) is 0 Å². The van der Waals surface area contributed by atoms with Gasteiger partial charge >= 0.3 is 0 Å². The standard InChI is InChI=1S/C12H9BrN2O3/c13-8-3-7(4-10-12(8)18-6-17-10)11(16)9-5-14-1-2-15-9/h1-5,11,16H,6H2. The highest BCUT2D eigenvalue weighted by atomic mass is 79.9. The van der Waals surface area contributed by atoms with Gasteiger partial charge in [-0.15, -0.1) is 0 Å². The van der Waals surface area contributed by atoms with Crippen molar-refractivity contribution in [2.24, 2.45) is 0 Å². The second-order valence-corrected chi connectivity index (χ2v) is 4.62. The molecule has 1 aromatic heterocycles. The fourth-order valence-electron chi connectivity index (χ4n) is 1.77. The first-order valence-electron chi connectivity index (χ1n) is 5.29. The Kier molecular flexibility index (Phi) is 2.89. The maximum atomic E-state index is 10.2. The molecule has 0 saturated heterocycles. The zero-order valence-electron chi connectivity index (χ0n) is 9.21. The van der Waals surface area contributed by atoms with E-state index in [1.807, 2.05) is 0 Å². The van der Waals surface area contributed by atoms with Crippen LogP contribution in [-0.2, 0) is 0 Å². The van der Waals surface area contributed by atoms with Crippen molar-refractivity contribution in [1.29, 1.82) is 0 Å². The Labute approximate surface area is 112 Å². The molecule has 1 aliphatic rings. The molecule has 0 bridgehead atoms. The number of rotatable bonds is 2. The Bertz CT molecular complexity index is 577. The molecular formula is C12H9BrN2O3. The summed E-state index contributed by atoms with van der Waals surface area (Å²) in [5.41, 5.74) is 1.16. The summed E-state index contributed by atoms with van der Waals surface area (Å²) in [4.78, 5) is 8.01. The van der Waals surface area contributed by atoms with Gasteiger partial charge < -0.3 is 14.6 Å². The van der Waals surface area contributed by atoms with Gasteiger partial charge in [0.2, 0.25) is 6.79 Å². The molecule has 0 fully saturated rings. The van der Waals surface area contributed by atoms with E-state index < -0.39 is 6.10 Å². The van der Waals surface area contributed by atoms with Gasteiger partial charge in [0.25, 0.3) is 0 Å². The Balaban J connectivity index is 2.00. The molecule has 0 saturated carbocycles. The number of benzene rings is 1. The van der Waals surface area contributed by atoms with Crippen LogP contribution < -0.4 is 9.47 Å². The summed E-state index contributed by atoms with van der Waals surface area (Å²) in [7, 11) is 0. The van der Waals surface area contributed by atoms with E-state index in [4.69, 9.17) is 9.47 Å².